The van der Waals surface area contributed by atoms with E-state index in [1.165, 1.54) is 6.07 Å². The number of nitrogens with zero attached hydrogens (tertiary/aromatic N) is 2. The summed E-state index contributed by atoms with van der Waals surface area (Å²) in [6.45, 7) is 4.26. The Bertz CT molecular complexity index is 1120. The molecular formula is C24H33ClN5O3SY-. The van der Waals surface area contributed by atoms with Crippen molar-refractivity contribution >= 4 is 41.1 Å². The van der Waals surface area contributed by atoms with Crippen molar-refractivity contribution in [2.45, 2.75) is 13.0 Å². The second-order valence-electron chi connectivity index (χ2n) is 7.72. The number of halogens is 1. The third kappa shape index (κ3) is 9.33. The number of hydrogen-bond donors (Lipinski definition) is 5. The maximum atomic E-state index is 12.9. The van der Waals surface area contributed by atoms with Crippen LogP contribution in [0.2, 0.25) is 5.02 Å². The number of aromatic hydroxyl groups is 1. The molecule has 4 rings (SSSR count). The number of piperazine rings is 1. The van der Waals surface area contributed by atoms with Crippen molar-refractivity contribution in [3.63, 3.8) is 0 Å². The third-order valence-corrected chi connectivity index (χ3v) is 5.63. The van der Waals surface area contributed by atoms with Gasteiger partial charge in [-0.1, -0.05) is 36.5 Å². The fraction of sp³-hybridized carbons (Fsp3) is 0.375. The Labute approximate surface area is 242 Å². The van der Waals surface area contributed by atoms with E-state index in [-0.39, 0.29) is 38.5 Å². The van der Waals surface area contributed by atoms with Gasteiger partial charge in [0.2, 0.25) is 0 Å². The molecule has 1 radical (unpaired) electrons. The Balaban J connectivity index is 0.000000797. The van der Waals surface area contributed by atoms with Crippen molar-refractivity contribution in [1.29, 1.82) is 0 Å². The largest absolute Gasteiger partial charge is 0.668 e. The number of fused-ring (bicyclic) bond motifs is 1. The van der Waals surface area contributed by atoms with Gasteiger partial charge in [0.15, 0.2) is 0 Å². The van der Waals surface area contributed by atoms with Gasteiger partial charge in [0.1, 0.15) is 11.3 Å². The second kappa shape index (κ2) is 16.6. The molecule has 0 spiro atoms. The van der Waals surface area contributed by atoms with Crippen LogP contribution in [-0.2, 0) is 45.7 Å². The molecule has 2 aromatic carbocycles. The predicted molar refractivity (Wildman–Crippen MR) is 144 cm³/mol. The molecule has 35 heavy (non-hydrogen) atoms. The van der Waals surface area contributed by atoms with Gasteiger partial charge in [0.05, 0.1) is 10.7 Å². The van der Waals surface area contributed by atoms with Crippen molar-refractivity contribution in [2.24, 2.45) is 0 Å². The van der Waals surface area contributed by atoms with Gasteiger partial charge in [-0.15, -0.1) is 0 Å². The fourth-order valence-corrected chi connectivity index (χ4v) is 3.86. The number of anilines is 1. The summed E-state index contributed by atoms with van der Waals surface area (Å²) in [6, 6.07) is 10.3. The zero-order chi connectivity index (χ0) is 25.1. The molecule has 11 heteroatoms. The van der Waals surface area contributed by atoms with Gasteiger partial charge in [0, 0.05) is 88.9 Å². The molecule has 0 saturated carbocycles. The molecule has 1 fully saturated rings. The van der Waals surface area contributed by atoms with Gasteiger partial charge in [-0.25, -0.2) is 4.79 Å². The molecule has 0 amide bonds. The molecule has 0 unspecified atom stereocenters. The normalized spacial score (nSPS) is 13.2. The number of phenolic OH excluding ortho intramolecular Hbond substituents is 1. The molecule has 5 N–H and O–H groups in total. The number of phenols is 1. The SMILES string of the molecule is CNS.C[N-]C.Nc1cccc(Cc2c(CN3CCNCC3)c3ccc(O)cc3oc2=O)c1Cl.[Y]. The maximum absolute atomic E-state index is 12.9. The second-order valence-corrected chi connectivity index (χ2v) is 8.55. The minimum atomic E-state index is -0.415. The molecule has 189 valence electrons. The molecule has 2 heterocycles. The molecule has 0 bridgehead atoms. The van der Waals surface area contributed by atoms with Crippen LogP contribution >= 0.6 is 24.4 Å². The third-order valence-electron chi connectivity index (χ3n) is 5.17. The van der Waals surface area contributed by atoms with Crippen LogP contribution in [0.1, 0.15) is 16.7 Å². The number of thiol groups is 1. The topological polar surface area (TPSA) is 118 Å². The quantitative estimate of drug-likeness (QED) is 0.178. The first-order valence-electron chi connectivity index (χ1n) is 10.9. The van der Waals surface area contributed by atoms with E-state index in [2.05, 4.69) is 33.1 Å². The molecule has 3 aromatic rings. The van der Waals surface area contributed by atoms with Gasteiger partial charge in [-0.05, 0) is 36.4 Å². The molecule has 0 atom stereocenters. The van der Waals surface area contributed by atoms with Gasteiger partial charge in [0.25, 0.3) is 0 Å². The number of nitrogens with one attached hydrogen (secondary N) is 2. The summed E-state index contributed by atoms with van der Waals surface area (Å²) in [7, 11) is 5.24. The minimum Gasteiger partial charge on any atom is -0.668 e. The number of nitrogens with two attached hydrogens (primary N) is 1. The van der Waals surface area contributed by atoms with Gasteiger partial charge < -0.3 is 25.9 Å². The summed E-state index contributed by atoms with van der Waals surface area (Å²) in [5.74, 6) is 0.0652. The molecule has 1 aromatic heterocycles. The maximum Gasteiger partial charge on any atom is 0.340 e. The Morgan fingerprint density at radius 2 is 1.86 bits per heavy atom. The van der Waals surface area contributed by atoms with Crippen LogP contribution in [0.3, 0.4) is 0 Å². The zero-order valence-corrected chi connectivity index (χ0v) is 24.8. The minimum absolute atomic E-state index is 0. The molecular weight excluding hydrogens is 563 g/mol. The Kier molecular flexibility index (Phi) is 15.1. The van der Waals surface area contributed by atoms with E-state index >= 15 is 0 Å². The van der Waals surface area contributed by atoms with Gasteiger partial charge in [-0.3, -0.25) is 9.62 Å². The van der Waals surface area contributed by atoms with E-state index in [9.17, 15) is 9.90 Å². The van der Waals surface area contributed by atoms with E-state index in [1.807, 2.05) is 12.1 Å². The number of nitrogen functional groups attached to an aromatic ring is 1. The first kappa shape index (κ1) is 31.9. The van der Waals surface area contributed by atoms with Crippen molar-refractivity contribution < 1.29 is 42.2 Å². The smallest absolute Gasteiger partial charge is 0.340 e. The van der Waals surface area contributed by atoms with E-state index in [0.717, 1.165) is 42.7 Å². The van der Waals surface area contributed by atoms with Crippen LogP contribution in [-0.4, -0.2) is 57.3 Å². The summed E-state index contributed by atoms with van der Waals surface area (Å²) < 4.78 is 7.97. The Hall–Kier alpha value is -1.17. The monoisotopic (exact) mass is 595 g/mol. The summed E-state index contributed by atoms with van der Waals surface area (Å²) in [6.07, 6.45) is 0.338. The van der Waals surface area contributed by atoms with Crippen LogP contribution < -0.4 is 21.4 Å². The number of benzene rings is 2. The zero-order valence-electron chi connectivity index (χ0n) is 20.3. The van der Waals surface area contributed by atoms with E-state index in [4.69, 9.17) is 21.8 Å². The number of hydrogen-bond acceptors (Lipinski definition) is 8. The summed E-state index contributed by atoms with van der Waals surface area (Å²) in [5, 5.41) is 17.9. The predicted octanol–water partition coefficient (Wildman–Crippen LogP) is 3.40. The average molecular weight is 596 g/mol. The van der Waals surface area contributed by atoms with Crippen LogP contribution in [0.5, 0.6) is 5.75 Å². The molecule has 1 aliphatic rings. The van der Waals surface area contributed by atoms with Crippen LogP contribution in [0.25, 0.3) is 16.3 Å². The first-order chi connectivity index (χ1) is 16.4. The van der Waals surface area contributed by atoms with E-state index < -0.39 is 5.63 Å². The van der Waals surface area contributed by atoms with Crippen LogP contribution in [0.4, 0.5) is 5.69 Å². The molecule has 1 saturated heterocycles. The van der Waals surface area contributed by atoms with Crippen LogP contribution in [0.15, 0.2) is 45.6 Å². The van der Waals surface area contributed by atoms with Crippen LogP contribution in [0, 0.1) is 0 Å². The summed E-state index contributed by atoms with van der Waals surface area (Å²) >= 11 is 9.91. The van der Waals surface area contributed by atoms with Crippen molar-refractivity contribution in [2.75, 3.05) is 53.1 Å². The Morgan fingerprint density at radius 3 is 2.49 bits per heavy atom. The van der Waals surface area contributed by atoms with Crippen molar-refractivity contribution in [3.05, 3.63) is 73.8 Å². The molecule has 8 nitrogen and oxygen atoms in total. The average Bonchev–Trinajstić information content (AvgIpc) is 2.80. The van der Waals surface area contributed by atoms with E-state index in [0.29, 0.717) is 34.8 Å². The van der Waals surface area contributed by atoms with Crippen molar-refractivity contribution in [3.8, 4) is 5.75 Å². The first-order valence-corrected chi connectivity index (χ1v) is 11.7. The standard InChI is InChI=1S/C21H22ClN3O3.C2H6N.CH5NS.Y/c22-20-13(2-1-3-18(20)23)10-16-17(12-25-8-6-24-7-9-25)15-5-4-14(26)11-19(15)28-21(16)27;1-3-2;1-2-3;/h1-5,11,24,26H,6-10,12,23H2;1-2H3;2-3H,1H3;/q;-1;;. The Morgan fingerprint density at radius 1 is 1.23 bits per heavy atom. The molecule has 1 aliphatic heterocycles. The summed E-state index contributed by atoms with van der Waals surface area (Å²) in [5.41, 5.74) is 8.65. The fourth-order valence-electron chi connectivity index (χ4n) is 3.67. The van der Waals surface area contributed by atoms with Crippen molar-refractivity contribution in [1.82, 2.24) is 14.9 Å². The van der Waals surface area contributed by atoms with Gasteiger partial charge >= 0.3 is 5.63 Å². The number of rotatable bonds is 4. The molecule has 0 aliphatic carbocycles. The summed E-state index contributed by atoms with van der Waals surface area (Å²) in [4.78, 5) is 15.2. The van der Waals surface area contributed by atoms with E-state index in [1.54, 1.807) is 39.3 Å². The van der Waals surface area contributed by atoms with Gasteiger partial charge in [-0.2, -0.15) is 14.1 Å².